The van der Waals surface area contributed by atoms with E-state index < -0.39 is 6.04 Å². The smallest absolute Gasteiger partial charge is 0.240 e. The topological polar surface area (TPSA) is 92.7 Å². The maximum atomic E-state index is 11.9. The molecule has 6 nitrogen and oxygen atoms in total. The van der Waals surface area contributed by atoms with Crippen molar-refractivity contribution in [2.24, 2.45) is 16.9 Å². The van der Waals surface area contributed by atoms with Crippen LogP contribution in [0.4, 0.5) is 0 Å². The number of carbonyl (C=O) groups is 2. The Balaban J connectivity index is 1.83. The summed E-state index contributed by atoms with van der Waals surface area (Å²) in [5.41, 5.74) is 11.3. The molecule has 6 heteroatoms. The summed E-state index contributed by atoms with van der Waals surface area (Å²) in [7, 11) is 0. The Morgan fingerprint density at radius 1 is 1.22 bits per heavy atom. The Bertz CT molecular complexity index is 342. The minimum absolute atomic E-state index is 0.0462. The Morgan fingerprint density at radius 3 is 2.22 bits per heavy atom. The van der Waals surface area contributed by atoms with E-state index in [4.69, 9.17) is 11.5 Å². The molecule has 2 aliphatic heterocycles. The molecule has 2 aliphatic rings. The zero-order valence-corrected chi connectivity index (χ0v) is 10.9. The number of piperidine rings is 1. The lowest BCUT2D eigenvalue weighted by molar-refractivity contribution is -0.148. The highest BCUT2D eigenvalue weighted by molar-refractivity contribution is 5.82. The minimum Gasteiger partial charge on any atom is -0.342 e. The highest BCUT2D eigenvalue weighted by Crippen LogP contribution is 2.40. The molecule has 2 rings (SSSR count). The van der Waals surface area contributed by atoms with E-state index in [0.29, 0.717) is 0 Å². The van der Waals surface area contributed by atoms with Gasteiger partial charge in [-0.2, -0.15) is 0 Å². The second kappa shape index (κ2) is 4.85. The molecule has 1 spiro atoms. The second-order valence-electron chi connectivity index (χ2n) is 5.54. The standard InChI is InChI=1S/C12H22N4O2/c1-9(17)16-7-12(8-16)2-4-15(5-3-12)11(18)10(14)6-13/h10H,2-8,13-14H2,1H3/t10-/m1/s1. The first kappa shape index (κ1) is 13.3. The van der Waals surface area contributed by atoms with Crippen LogP contribution in [0.3, 0.4) is 0 Å². The lowest BCUT2D eigenvalue weighted by atomic mass is 9.72. The Kier molecular flexibility index (Phi) is 3.59. The van der Waals surface area contributed by atoms with Crippen LogP contribution < -0.4 is 11.5 Å². The van der Waals surface area contributed by atoms with Gasteiger partial charge in [-0.05, 0) is 12.8 Å². The van der Waals surface area contributed by atoms with Gasteiger partial charge in [-0.15, -0.1) is 0 Å². The van der Waals surface area contributed by atoms with Gasteiger partial charge in [-0.1, -0.05) is 0 Å². The molecule has 0 aromatic rings. The van der Waals surface area contributed by atoms with Crippen LogP contribution in [-0.4, -0.2) is 60.4 Å². The van der Waals surface area contributed by atoms with E-state index in [-0.39, 0.29) is 23.8 Å². The fourth-order valence-corrected chi connectivity index (χ4v) is 2.84. The molecular formula is C12H22N4O2. The SMILES string of the molecule is CC(=O)N1CC2(CCN(C(=O)[C@H](N)CN)CC2)C1. The summed E-state index contributed by atoms with van der Waals surface area (Å²) in [6.07, 6.45) is 1.92. The zero-order chi connectivity index (χ0) is 13.3. The largest absolute Gasteiger partial charge is 0.342 e. The number of likely N-dealkylation sites (tertiary alicyclic amines) is 2. The van der Waals surface area contributed by atoms with Gasteiger partial charge in [0.15, 0.2) is 0 Å². The summed E-state index contributed by atoms with van der Waals surface area (Å²) in [5, 5.41) is 0. The van der Waals surface area contributed by atoms with Gasteiger partial charge in [-0.3, -0.25) is 9.59 Å². The fraction of sp³-hybridized carbons (Fsp3) is 0.833. The first-order valence-electron chi connectivity index (χ1n) is 6.47. The van der Waals surface area contributed by atoms with Crippen LogP contribution in [0.2, 0.25) is 0 Å². The van der Waals surface area contributed by atoms with Gasteiger partial charge in [0, 0.05) is 45.1 Å². The number of nitrogens with two attached hydrogens (primary N) is 2. The average Bonchev–Trinajstić information content (AvgIpc) is 2.34. The Hall–Kier alpha value is -1.14. The number of hydrogen-bond acceptors (Lipinski definition) is 4. The first-order valence-corrected chi connectivity index (χ1v) is 6.47. The van der Waals surface area contributed by atoms with E-state index in [1.807, 2.05) is 4.90 Å². The summed E-state index contributed by atoms with van der Waals surface area (Å²) >= 11 is 0. The summed E-state index contributed by atoms with van der Waals surface area (Å²) in [6.45, 7) is 4.95. The highest BCUT2D eigenvalue weighted by Gasteiger charge is 2.46. The average molecular weight is 254 g/mol. The van der Waals surface area contributed by atoms with Crippen molar-refractivity contribution >= 4 is 11.8 Å². The van der Waals surface area contributed by atoms with Crippen molar-refractivity contribution in [3.8, 4) is 0 Å². The molecule has 0 aromatic carbocycles. The predicted octanol–water partition coefficient (Wildman–Crippen LogP) is -1.26. The molecule has 1 atom stereocenters. The summed E-state index contributed by atoms with van der Waals surface area (Å²) < 4.78 is 0. The number of carbonyl (C=O) groups excluding carboxylic acids is 2. The van der Waals surface area contributed by atoms with Crippen molar-refractivity contribution in [1.82, 2.24) is 9.80 Å². The van der Waals surface area contributed by atoms with Gasteiger partial charge in [-0.25, -0.2) is 0 Å². The molecule has 0 aromatic heterocycles. The van der Waals surface area contributed by atoms with Crippen molar-refractivity contribution in [1.29, 1.82) is 0 Å². The second-order valence-corrected chi connectivity index (χ2v) is 5.54. The van der Waals surface area contributed by atoms with Gasteiger partial charge >= 0.3 is 0 Å². The molecule has 0 aliphatic carbocycles. The Morgan fingerprint density at radius 2 is 1.78 bits per heavy atom. The molecule has 2 saturated heterocycles. The summed E-state index contributed by atoms with van der Waals surface area (Å²) in [5.74, 6) is 0.0967. The molecule has 0 saturated carbocycles. The van der Waals surface area contributed by atoms with Crippen LogP contribution in [0, 0.1) is 5.41 Å². The molecule has 2 fully saturated rings. The van der Waals surface area contributed by atoms with Gasteiger partial charge in [0.1, 0.15) is 0 Å². The quantitative estimate of drug-likeness (QED) is 0.643. The van der Waals surface area contributed by atoms with Crippen LogP contribution >= 0.6 is 0 Å². The molecule has 2 amide bonds. The highest BCUT2D eigenvalue weighted by atomic mass is 16.2. The van der Waals surface area contributed by atoms with Crippen LogP contribution in [0.25, 0.3) is 0 Å². The van der Waals surface area contributed by atoms with E-state index in [0.717, 1.165) is 39.0 Å². The zero-order valence-electron chi connectivity index (χ0n) is 10.9. The van der Waals surface area contributed by atoms with E-state index in [2.05, 4.69) is 0 Å². The normalized spacial score (nSPS) is 23.7. The van der Waals surface area contributed by atoms with Crippen LogP contribution in [0.5, 0.6) is 0 Å². The first-order chi connectivity index (χ1) is 8.47. The van der Waals surface area contributed by atoms with E-state index >= 15 is 0 Å². The molecule has 4 N–H and O–H groups in total. The molecule has 2 heterocycles. The molecule has 0 unspecified atom stereocenters. The molecule has 18 heavy (non-hydrogen) atoms. The molecule has 102 valence electrons. The van der Waals surface area contributed by atoms with Crippen molar-refractivity contribution in [2.45, 2.75) is 25.8 Å². The van der Waals surface area contributed by atoms with Crippen LogP contribution in [-0.2, 0) is 9.59 Å². The van der Waals surface area contributed by atoms with Gasteiger partial charge in [0.05, 0.1) is 6.04 Å². The van der Waals surface area contributed by atoms with E-state index in [9.17, 15) is 9.59 Å². The van der Waals surface area contributed by atoms with Crippen LogP contribution in [0.15, 0.2) is 0 Å². The third-order valence-corrected chi connectivity index (χ3v) is 4.20. The fourth-order valence-electron chi connectivity index (χ4n) is 2.84. The van der Waals surface area contributed by atoms with Gasteiger partial charge in [0.2, 0.25) is 11.8 Å². The van der Waals surface area contributed by atoms with Crippen LogP contribution in [0.1, 0.15) is 19.8 Å². The molecule has 0 bridgehead atoms. The molecular weight excluding hydrogens is 232 g/mol. The van der Waals surface area contributed by atoms with Crippen molar-refractivity contribution in [3.63, 3.8) is 0 Å². The van der Waals surface area contributed by atoms with Crippen molar-refractivity contribution in [3.05, 3.63) is 0 Å². The van der Waals surface area contributed by atoms with E-state index in [1.54, 1.807) is 11.8 Å². The lowest BCUT2D eigenvalue weighted by Crippen LogP contribution is -2.62. The third kappa shape index (κ3) is 2.35. The molecule has 0 radical (unpaired) electrons. The predicted molar refractivity (Wildman–Crippen MR) is 67.5 cm³/mol. The minimum atomic E-state index is -0.575. The van der Waals surface area contributed by atoms with Gasteiger partial charge < -0.3 is 21.3 Å². The van der Waals surface area contributed by atoms with Gasteiger partial charge in [0.25, 0.3) is 0 Å². The lowest BCUT2D eigenvalue weighted by Gasteiger charge is -2.53. The summed E-state index contributed by atoms with van der Waals surface area (Å²) in [6, 6.07) is -0.575. The maximum absolute atomic E-state index is 11.9. The number of amides is 2. The maximum Gasteiger partial charge on any atom is 0.240 e. The third-order valence-electron chi connectivity index (χ3n) is 4.20. The summed E-state index contributed by atoms with van der Waals surface area (Å²) in [4.78, 5) is 26.7. The number of nitrogens with zero attached hydrogens (tertiary/aromatic N) is 2. The monoisotopic (exact) mass is 254 g/mol. The number of hydrogen-bond donors (Lipinski definition) is 2. The Labute approximate surface area is 107 Å². The number of rotatable bonds is 2. The van der Waals surface area contributed by atoms with E-state index in [1.165, 1.54) is 0 Å². The van der Waals surface area contributed by atoms with Crippen molar-refractivity contribution < 1.29 is 9.59 Å². The van der Waals surface area contributed by atoms with Crippen molar-refractivity contribution in [2.75, 3.05) is 32.7 Å².